The molecule has 0 spiro atoms. The molecule has 0 radical (unpaired) electrons. The number of rotatable bonds is 5. The molecule has 0 aromatic carbocycles. The van der Waals surface area contributed by atoms with E-state index in [1.165, 1.54) is 64.6 Å². The van der Waals surface area contributed by atoms with E-state index in [2.05, 4.69) is 31.0 Å². The minimum Gasteiger partial charge on any atom is -0.311 e. The predicted octanol–water partition coefficient (Wildman–Crippen LogP) is 3.67. The molecule has 1 aliphatic carbocycles. The van der Waals surface area contributed by atoms with Crippen molar-refractivity contribution in [2.24, 2.45) is 11.8 Å². The Morgan fingerprint density at radius 3 is 2.37 bits per heavy atom. The zero-order valence-corrected chi connectivity index (χ0v) is 13.3. The van der Waals surface area contributed by atoms with Crippen LogP contribution in [0.25, 0.3) is 0 Å². The normalized spacial score (nSPS) is 37.4. The van der Waals surface area contributed by atoms with Crippen LogP contribution in [-0.4, -0.2) is 36.6 Å². The van der Waals surface area contributed by atoms with Crippen LogP contribution in [0.4, 0.5) is 0 Å². The van der Waals surface area contributed by atoms with E-state index >= 15 is 0 Å². The number of piperazine rings is 1. The van der Waals surface area contributed by atoms with Crippen molar-refractivity contribution in [1.82, 2.24) is 10.2 Å². The third-order valence-corrected chi connectivity index (χ3v) is 5.45. The molecule has 2 rings (SSSR count). The van der Waals surface area contributed by atoms with Crippen LogP contribution in [0.5, 0.6) is 0 Å². The van der Waals surface area contributed by atoms with Gasteiger partial charge < -0.3 is 5.32 Å². The Balaban J connectivity index is 1.77. The summed E-state index contributed by atoms with van der Waals surface area (Å²) in [6, 6.07) is 1.48. The van der Waals surface area contributed by atoms with Crippen LogP contribution in [0, 0.1) is 11.8 Å². The van der Waals surface area contributed by atoms with E-state index in [-0.39, 0.29) is 0 Å². The van der Waals surface area contributed by atoms with E-state index in [0.717, 1.165) is 23.9 Å². The molecule has 0 bridgehead atoms. The quantitative estimate of drug-likeness (QED) is 0.817. The lowest BCUT2D eigenvalue weighted by molar-refractivity contribution is 0.0993. The van der Waals surface area contributed by atoms with E-state index in [4.69, 9.17) is 0 Å². The molecular formula is C17H34N2. The second kappa shape index (κ2) is 7.64. The van der Waals surface area contributed by atoms with E-state index in [1.54, 1.807) is 0 Å². The molecule has 1 saturated carbocycles. The number of hydrogen-bond acceptors (Lipinski definition) is 2. The van der Waals surface area contributed by atoms with Crippen LogP contribution in [-0.2, 0) is 0 Å². The Bertz CT molecular complexity index is 246. The average Bonchev–Trinajstić information content (AvgIpc) is 2.44. The lowest BCUT2D eigenvalue weighted by atomic mass is 9.80. The van der Waals surface area contributed by atoms with Crippen molar-refractivity contribution in [2.75, 3.05) is 19.6 Å². The maximum Gasteiger partial charge on any atom is 0.0195 e. The smallest absolute Gasteiger partial charge is 0.0195 e. The van der Waals surface area contributed by atoms with E-state index < -0.39 is 0 Å². The van der Waals surface area contributed by atoms with Gasteiger partial charge in [0.25, 0.3) is 0 Å². The lowest BCUT2D eigenvalue weighted by Crippen LogP contribution is -2.56. The van der Waals surface area contributed by atoms with Gasteiger partial charge in [0.1, 0.15) is 0 Å². The van der Waals surface area contributed by atoms with Gasteiger partial charge in [-0.3, -0.25) is 4.90 Å². The Morgan fingerprint density at radius 2 is 1.74 bits per heavy atom. The summed E-state index contributed by atoms with van der Waals surface area (Å²) in [5, 5.41) is 3.71. The largest absolute Gasteiger partial charge is 0.311 e. The molecule has 2 nitrogen and oxygen atoms in total. The van der Waals surface area contributed by atoms with Crippen LogP contribution in [0.15, 0.2) is 0 Å². The first kappa shape index (κ1) is 15.3. The van der Waals surface area contributed by atoms with Crippen molar-refractivity contribution in [2.45, 2.75) is 77.8 Å². The van der Waals surface area contributed by atoms with E-state index in [9.17, 15) is 0 Å². The van der Waals surface area contributed by atoms with Crippen molar-refractivity contribution in [3.05, 3.63) is 0 Å². The van der Waals surface area contributed by atoms with Gasteiger partial charge in [0.2, 0.25) is 0 Å². The van der Waals surface area contributed by atoms with Crippen LogP contribution in [0.1, 0.15) is 65.7 Å². The van der Waals surface area contributed by atoms with Crippen molar-refractivity contribution in [1.29, 1.82) is 0 Å². The summed E-state index contributed by atoms with van der Waals surface area (Å²) >= 11 is 0. The summed E-state index contributed by atoms with van der Waals surface area (Å²) in [7, 11) is 0. The standard InChI is InChI=1S/C17H34N2/c1-4-6-17-13-19(14(3)11-18-17)12-16-9-7-15(5-2)8-10-16/h14-18H,4-13H2,1-3H3. The van der Waals surface area contributed by atoms with E-state index in [0.29, 0.717) is 0 Å². The molecule has 0 aromatic rings. The molecule has 0 amide bonds. The molecule has 2 unspecified atom stereocenters. The van der Waals surface area contributed by atoms with Crippen molar-refractivity contribution >= 4 is 0 Å². The summed E-state index contributed by atoms with van der Waals surface area (Å²) in [5.41, 5.74) is 0. The van der Waals surface area contributed by atoms with Crippen LogP contribution in [0.2, 0.25) is 0 Å². The highest BCUT2D eigenvalue weighted by atomic mass is 15.2. The van der Waals surface area contributed by atoms with Gasteiger partial charge in [0.05, 0.1) is 0 Å². The fourth-order valence-corrected chi connectivity index (χ4v) is 3.94. The first-order valence-corrected chi connectivity index (χ1v) is 8.70. The molecular weight excluding hydrogens is 232 g/mol. The molecule has 1 saturated heterocycles. The fourth-order valence-electron chi connectivity index (χ4n) is 3.94. The number of nitrogens with zero attached hydrogens (tertiary/aromatic N) is 1. The zero-order valence-electron chi connectivity index (χ0n) is 13.3. The minimum atomic E-state index is 0.733. The van der Waals surface area contributed by atoms with Gasteiger partial charge in [-0.1, -0.05) is 39.5 Å². The van der Waals surface area contributed by atoms with Crippen molar-refractivity contribution < 1.29 is 0 Å². The molecule has 1 heterocycles. The number of hydrogen-bond donors (Lipinski definition) is 1. The fraction of sp³-hybridized carbons (Fsp3) is 1.00. The third-order valence-electron chi connectivity index (χ3n) is 5.45. The SMILES string of the molecule is CCCC1CN(CC2CCC(CC)CC2)C(C)CN1. The van der Waals surface area contributed by atoms with Gasteiger partial charge in [0, 0.05) is 31.7 Å². The van der Waals surface area contributed by atoms with Crippen molar-refractivity contribution in [3.8, 4) is 0 Å². The molecule has 2 fully saturated rings. The third kappa shape index (κ3) is 4.46. The van der Waals surface area contributed by atoms with Crippen LogP contribution in [0.3, 0.4) is 0 Å². The molecule has 112 valence electrons. The van der Waals surface area contributed by atoms with Crippen LogP contribution >= 0.6 is 0 Å². The summed E-state index contributed by atoms with van der Waals surface area (Å²) < 4.78 is 0. The second-order valence-electron chi connectivity index (χ2n) is 6.99. The highest BCUT2D eigenvalue weighted by Crippen LogP contribution is 2.31. The predicted molar refractivity (Wildman–Crippen MR) is 83.5 cm³/mol. The van der Waals surface area contributed by atoms with Gasteiger partial charge in [-0.05, 0) is 38.0 Å². The van der Waals surface area contributed by atoms with Gasteiger partial charge in [0.15, 0.2) is 0 Å². The Labute approximate surface area is 120 Å². The summed E-state index contributed by atoms with van der Waals surface area (Å²) in [6.45, 7) is 10.9. The molecule has 1 aliphatic heterocycles. The summed E-state index contributed by atoms with van der Waals surface area (Å²) in [5.74, 6) is 2.01. The molecule has 2 atom stereocenters. The summed E-state index contributed by atoms with van der Waals surface area (Å²) in [6.07, 6.45) is 9.98. The highest BCUT2D eigenvalue weighted by Gasteiger charge is 2.28. The summed E-state index contributed by atoms with van der Waals surface area (Å²) in [4.78, 5) is 2.77. The maximum atomic E-state index is 3.71. The Hall–Kier alpha value is -0.0800. The molecule has 2 heteroatoms. The highest BCUT2D eigenvalue weighted by molar-refractivity contribution is 4.85. The van der Waals surface area contributed by atoms with Gasteiger partial charge in [-0.25, -0.2) is 0 Å². The van der Waals surface area contributed by atoms with E-state index in [1.807, 2.05) is 0 Å². The number of nitrogens with one attached hydrogen (secondary N) is 1. The lowest BCUT2D eigenvalue weighted by Gasteiger charge is -2.41. The van der Waals surface area contributed by atoms with Gasteiger partial charge >= 0.3 is 0 Å². The monoisotopic (exact) mass is 266 g/mol. The topological polar surface area (TPSA) is 15.3 Å². The average molecular weight is 266 g/mol. The van der Waals surface area contributed by atoms with Crippen molar-refractivity contribution in [3.63, 3.8) is 0 Å². The first-order chi connectivity index (χ1) is 9.22. The Morgan fingerprint density at radius 1 is 1.05 bits per heavy atom. The molecule has 0 aromatic heterocycles. The maximum absolute atomic E-state index is 3.71. The first-order valence-electron chi connectivity index (χ1n) is 8.70. The van der Waals surface area contributed by atoms with Gasteiger partial charge in [-0.2, -0.15) is 0 Å². The minimum absolute atomic E-state index is 0.733. The second-order valence-corrected chi connectivity index (χ2v) is 6.99. The Kier molecular flexibility index (Phi) is 6.15. The van der Waals surface area contributed by atoms with Gasteiger partial charge in [-0.15, -0.1) is 0 Å². The molecule has 19 heavy (non-hydrogen) atoms. The molecule has 1 N–H and O–H groups in total. The molecule has 2 aliphatic rings. The van der Waals surface area contributed by atoms with Crippen LogP contribution < -0.4 is 5.32 Å². The zero-order chi connectivity index (χ0) is 13.7.